The van der Waals surface area contributed by atoms with E-state index in [1.54, 1.807) is 14.2 Å². The first-order valence-corrected chi connectivity index (χ1v) is 3.56. The molecule has 10 heavy (non-hydrogen) atoms. The van der Waals surface area contributed by atoms with Gasteiger partial charge in [0.25, 0.3) is 0 Å². The number of methoxy groups -OCH3 is 2. The minimum atomic E-state index is 0.245. The lowest BCUT2D eigenvalue weighted by Crippen LogP contribution is -2.58. The highest BCUT2D eigenvalue weighted by Crippen LogP contribution is 2.25. The van der Waals surface area contributed by atoms with Crippen LogP contribution in [-0.4, -0.2) is 39.5 Å². The SMILES string of the molecule is CNC1CC(OC)C1OC. The zero-order valence-corrected chi connectivity index (χ0v) is 6.76. The predicted octanol–water partition coefficient (Wildman–Crippen LogP) is 0.00810. The topological polar surface area (TPSA) is 30.5 Å². The van der Waals surface area contributed by atoms with Gasteiger partial charge in [-0.3, -0.25) is 0 Å². The van der Waals surface area contributed by atoms with Crippen molar-refractivity contribution in [3.63, 3.8) is 0 Å². The second-order valence-electron chi connectivity index (χ2n) is 2.61. The molecule has 0 saturated heterocycles. The molecule has 0 aromatic heterocycles. The predicted molar refractivity (Wildman–Crippen MR) is 39.1 cm³/mol. The van der Waals surface area contributed by atoms with E-state index in [4.69, 9.17) is 9.47 Å². The number of hydrogen-bond acceptors (Lipinski definition) is 3. The standard InChI is InChI=1S/C7H15NO2/c1-8-5-4-6(9-2)7(5)10-3/h5-8H,4H2,1-3H3. The first-order chi connectivity index (χ1) is 4.83. The van der Waals surface area contributed by atoms with Gasteiger partial charge in [0.05, 0.1) is 12.2 Å². The summed E-state index contributed by atoms with van der Waals surface area (Å²) in [5.74, 6) is 0. The third kappa shape index (κ3) is 1.17. The van der Waals surface area contributed by atoms with Crippen LogP contribution in [0.25, 0.3) is 0 Å². The maximum Gasteiger partial charge on any atom is 0.0986 e. The molecule has 0 amide bonds. The van der Waals surface area contributed by atoms with E-state index in [1.807, 2.05) is 7.05 Å². The zero-order valence-electron chi connectivity index (χ0n) is 6.76. The quantitative estimate of drug-likeness (QED) is 0.606. The Kier molecular flexibility index (Phi) is 2.65. The van der Waals surface area contributed by atoms with Gasteiger partial charge in [-0.1, -0.05) is 0 Å². The van der Waals surface area contributed by atoms with Crippen LogP contribution in [0.3, 0.4) is 0 Å². The molecule has 1 N–H and O–H groups in total. The van der Waals surface area contributed by atoms with Crippen LogP contribution in [0.5, 0.6) is 0 Å². The fourth-order valence-electron chi connectivity index (χ4n) is 1.41. The highest BCUT2D eigenvalue weighted by molar-refractivity contribution is 4.95. The summed E-state index contributed by atoms with van der Waals surface area (Å²) in [6.07, 6.45) is 1.60. The summed E-state index contributed by atoms with van der Waals surface area (Å²) in [5, 5.41) is 3.16. The van der Waals surface area contributed by atoms with Crippen LogP contribution >= 0.6 is 0 Å². The molecule has 0 aromatic rings. The molecule has 1 rings (SSSR count). The fourth-order valence-corrected chi connectivity index (χ4v) is 1.41. The molecule has 0 heterocycles. The van der Waals surface area contributed by atoms with E-state index >= 15 is 0 Å². The van der Waals surface area contributed by atoms with Crippen molar-refractivity contribution in [1.82, 2.24) is 5.32 Å². The van der Waals surface area contributed by atoms with Crippen LogP contribution in [0.15, 0.2) is 0 Å². The summed E-state index contributed by atoms with van der Waals surface area (Å²) in [7, 11) is 5.39. The number of hydrogen-bond donors (Lipinski definition) is 1. The number of nitrogens with one attached hydrogen (secondary N) is 1. The van der Waals surface area contributed by atoms with Crippen molar-refractivity contribution in [1.29, 1.82) is 0 Å². The molecule has 60 valence electrons. The minimum absolute atomic E-state index is 0.245. The molecule has 3 heteroatoms. The van der Waals surface area contributed by atoms with Gasteiger partial charge in [0.2, 0.25) is 0 Å². The molecular weight excluding hydrogens is 130 g/mol. The van der Waals surface area contributed by atoms with E-state index < -0.39 is 0 Å². The Labute approximate surface area is 61.7 Å². The lowest BCUT2D eigenvalue weighted by Gasteiger charge is -2.42. The van der Waals surface area contributed by atoms with Crippen LogP contribution in [0.1, 0.15) is 6.42 Å². The van der Waals surface area contributed by atoms with Gasteiger partial charge < -0.3 is 14.8 Å². The number of ether oxygens (including phenoxy) is 2. The van der Waals surface area contributed by atoms with Crippen LogP contribution in [0.4, 0.5) is 0 Å². The highest BCUT2D eigenvalue weighted by atomic mass is 16.5. The summed E-state index contributed by atoms with van der Waals surface area (Å²) >= 11 is 0. The molecule has 1 saturated carbocycles. The first kappa shape index (κ1) is 7.98. The third-order valence-electron chi connectivity index (χ3n) is 2.19. The highest BCUT2D eigenvalue weighted by Gasteiger charge is 2.40. The summed E-state index contributed by atoms with van der Waals surface area (Å²) in [5.41, 5.74) is 0. The molecule has 1 aliphatic carbocycles. The monoisotopic (exact) mass is 145 g/mol. The Morgan fingerprint density at radius 1 is 1.30 bits per heavy atom. The molecular formula is C7H15NO2. The lowest BCUT2D eigenvalue weighted by atomic mass is 9.85. The van der Waals surface area contributed by atoms with Crippen molar-refractivity contribution in [2.45, 2.75) is 24.7 Å². The molecule has 3 nitrogen and oxygen atoms in total. The molecule has 0 aliphatic heterocycles. The molecule has 0 bridgehead atoms. The Morgan fingerprint density at radius 2 is 2.00 bits per heavy atom. The Morgan fingerprint density at radius 3 is 2.40 bits per heavy atom. The number of likely N-dealkylation sites (N-methyl/N-ethyl adjacent to an activating group) is 1. The van der Waals surface area contributed by atoms with Gasteiger partial charge in [-0.25, -0.2) is 0 Å². The van der Waals surface area contributed by atoms with Crippen LogP contribution in [-0.2, 0) is 9.47 Å². The van der Waals surface area contributed by atoms with Gasteiger partial charge in [0.1, 0.15) is 0 Å². The van der Waals surface area contributed by atoms with E-state index in [1.165, 1.54) is 0 Å². The molecule has 0 aromatic carbocycles. The third-order valence-corrected chi connectivity index (χ3v) is 2.19. The van der Waals surface area contributed by atoms with Gasteiger partial charge in [-0.2, -0.15) is 0 Å². The van der Waals surface area contributed by atoms with Crippen molar-refractivity contribution >= 4 is 0 Å². The Bertz CT molecular complexity index is 97.8. The second kappa shape index (κ2) is 3.32. The summed E-state index contributed by atoms with van der Waals surface area (Å²) in [4.78, 5) is 0. The van der Waals surface area contributed by atoms with E-state index in [-0.39, 0.29) is 6.10 Å². The van der Waals surface area contributed by atoms with Crippen molar-refractivity contribution < 1.29 is 9.47 Å². The van der Waals surface area contributed by atoms with Crippen LogP contribution in [0, 0.1) is 0 Å². The van der Waals surface area contributed by atoms with E-state index in [0.29, 0.717) is 12.1 Å². The molecule has 3 unspecified atom stereocenters. The summed E-state index contributed by atoms with van der Waals surface area (Å²) < 4.78 is 10.4. The molecule has 1 aliphatic rings. The lowest BCUT2D eigenvalue weighted by molar-refractivity contribution is -0.117. The van der Waals surface area contributed by atoms with Gasteiger partial charge >= 0.3 is 0 Å². The largest absolute Gasteiger partial charge is 0.379 e. The smallest absolute Gasteiger partial charge is 0.0986 e. The van der Waals surface area contributed by atoms with Crippen molar-refractivity contribution in [3.8, 4) is 0 Å². The fraction of sp³-hybridized carbons (Fsp3) is 1.00. The Hall–Kier alpha value is -0.120. The molecule has 1 fully saturated rings. The van der Waals surface area contributed by atoms with Crippen molar-refractivity contribution in [2.24, 2.45) is 0 Å². The average molecular weight is 145 g/mol. The normalized spacial score (nSPS) is 39.3. The molecule has 0 spiro atoms. The average Bonchev–Trinajstić information content (AvgIpc) is 1.89. The van der Waals surface area contributed by atoms with Crippen molar-refractivity contribution in [2.75, 3.05) is 21.3 Å². The van der Waals surface area contributed by atoms with Crippen LogP contribution in [0.2, 0.25) is 0 Å². The maximum atomic E-state index is 5.21. The summed E-state index contributed by atoms with van der Waals surface area (Å²) in [6.45, 7) is 0. The summed E-state index contributed by atoms with van der Waals surface area (Å²) in [6, 6.07) is 0.481. The van der Waals surface area contributed by atoms with Gasteiger partial charge in [-0.15, -0.1) is 0 Å². The van der Waals surface area contributed by atoms with Gasteiger partial charge in [0, 0.05) is 20.3 Å². The van der Waals surface area contributed by atoms with E-state index in [9.17, 15) is 0 Å². The van der Waals surface area contributed by atoms with E-state index in [2.05, 4.69) is 5.32 Å². The minimum Gasteiger partial charge on any atom is -0.379 e. The second-order valence-corrected chi connectivity index (χ2v) is 2.61. The number of rotatable bonds is 3. The maximum absolute atomic E-state index is 5.21. The Balaban J connectivity index is 2.30. The molecule has 0 radical (unpaired) electrons. The zero-order chi connectivity index (χ0) is 7.56. The molecule has 3 atom stereocenters. The van der Waals surface area contributed by atoms with Crippen molar-refractivity contribution in [3.05, 3.63) is 0 Å². The van der Waals surface area contributed by atoms with Gasteiger partial charge in [0.15, 0.2) is 0 Å². The van der Waals surface area contributed by atoms with Gasteiger partial charge in [-0.05, 0) is 13.5 Å². The van der Waals surface area contributed by atoms with E-state index in [0.717, 1.165) is 6.42 Å². The first-order valence-electron chi connectivity index (χ1n) is 3.56. The van der Waals surface area contributed by atoms with Crippen LogP contribution < -0.4 is 5.32 Å².